The second-order valence-electron chi connectivity index (χ2n) is 11.1. The molecule has 0 aliphatic carbocycles. The molecule has 0 bridgehead atoms. The van der Waals surface area contributed by atoms with Crippen LogP contribution >= 0.6 is 11.6 Å². The van der Waals surface area contributed by atoms with E-state index < -0.39 is 17.4 Å². The molecule has 2 saturated heterocycles. The van der Waals surface area contributed by atoms with E-state index in [9.17, 15) is 14.4 Å². The van der Waals surface area contributed by atoms with Crippen LogP contribution in [0.15, 0.2) is 42.6 Å². The number of aromatic nitrogens is 2. The van der Waals surface area contributed by atoms with Crippen LogP contribution in [0.4, 0.5) is 0 Å². The Kier molecular flexibility index (Phi) is 7.27. The van der Waals surface area contributed by atoms with Crippen molar-refractivity contribution in [3.05, 3.63) is 64.6 Å². The molecule has 210 valence electrons. The van der Waals surface area contributed by atoms with E-state index in [2.05, 4.69) is 15.3 Å². The van der Waals surface area contributed by atoms with Gasteiger partial charge >= 0.3 is 0 Å². The van der Waals surface area contributed by atoms with Gasteiger partial charge in [0.1, 0.15) is 0 Å². The average molecular weight is 564 g/mol. The first kappa shape index (κ1) is 26.8. The van der Waals surface area contributed by atoms with E-state index in [1.807, 2.05) is 53.1 Å². The standard InChI is InChI=1S/C30H34ClN5O4/c1-30-24(29(39)35-12-14-40-15-13-35)16-19(17-26(37)33-10-7-21-4-2-3-9-32-21)28(38)36(30)11-8-22-23-18-20(31)5-6-25(23)34-27(22)30/h2-6,9,18-19,24,34H,7-8,10-17H2,1H3,(H,33,37)/t19-,24-,30+/m1/s1. The molecule has 1 aromatic carbocycles. The highest BCUT2D eigenvalue weighted by atomic mass is 35.5. The molecule has 9 nitrogen and oxygen atoms in total. The number of morpholine rings is 1. The zero-order chi connectivity index (χ0) is 27.9. The second-order valence-corrected chi connectivity index (χ2v) is 11.5. The molecule has 0 radical (unpaired) electrons. The van der Waals surface area contributed by atoms with Gasteiger partial charge < -0.3 is 24.8 Å². The highest BCUT2D eigenvalue weighted by molar-refractivity contribution is 6.31. The van der Waals surface area contributed by atoms with Gasteiger partial charge in [0.15, 0.2) is 0 Å². The predicted octanol–water partition coefficient (Wildman–Crippen LogP) is 3.06. The minimum absolute atomic E-state index is 0.00778. The molecule has 3 atom stereocenters. The van der Waals surface area contributed by atoms with E-state index in [1.54, 1.807) is 6.20 Å². The third-order valence-corrected chi connectivity index (χ3v) is 9.05. The van der Waals surface area contributed by atoms with E-state index >= 15 is 0 Å². The Morgan fingerprint density at radius 2 is 2.02 bits per heavy atom. The molecule has 0 unspecified atom stereocenters. The number of hydrogen-bond acceptors (Lipinski definition) is 5. The van der Waals surface area contributed by atoms with Gasteiger partial charge in [0.25, 0.3) is 0 Å². The van der Waals surface area contributed by atoms with Crippen LogP contribution in [-0.4, -0.2) is 76.9 Å². The predicted molar refractivity (Wildman–Crippen MR) is 151 cm³/mol. The van der Waals surface area contributed by atoms with Gasteiger partial charge in [0.2, 0.25) is 17.7 Å². The number of piperidine rings is 1. The number of nitrogens with one attached hydrogen (secondary N) is 2. The molecular formula is C30H34ClN5O4. The topological polar surface area (TPSA) is 108 Å². The minimum atomic E-state index is -0.864. The van der Waals surface area contributed by atoms with E-state index in [0.29, 0.717) is 63.7 Å². The van der Waals surface area contributed by atoms with Crippen molar-refractivity contribution in [3.63, 3.8) is 0 Å². The number of carbonyl (C=O) groups is 3. The molecule has 3 aliphatic heterocycles. The van der Waals surface area contributed by atoms with Crippen molar-refractivity contribution in [3.8, 4) is 0 Å². The lowest BCUT2D eigenvalue weighted by molar-refractivity contribution is -0.166. The molecule has 3 aliphatic rings. The Labute approximate surface area is 238 Å². The summed E-state index contributed by atoms with van der Waals surface area (Å²) in [5.74, 6) is -1.33. The number of hydrogen-bond donors (Lipinski definition) is 2. The van der Waals surface area contributed by atoms with Crippen LogP contribution in [0.3, 0.4) is 0 Å². The highest BCUT2D eigenvalue weighted by Gasteiger charge is 2.57. The molecular weight excluding hydrogens is 530 g/mol. The first-order valence-corrected chi connectivity index (χ1v) is 14.4. The number of rotatable bonds is 6. The van der Waals surface area contributed by atoms with E-state index in [-0.39, 0.29) is 24.1 Å². The van der Waals surface area contributed by atoms with Crippen LogP contribution in [0, 0.1) is 11.8 Å². The van der Waals surface area contributed by atoms with Crippen LogP contribution in [0.25, 0.3) is 10.9 Å². The van der Waals surface area contributed by atoms with Gasteiger partial charge in [-0.15, -0.1) is 0 Å². The van der Waals surface area contributed by atoms with Crippen molar-refractivity contribution < 1.29 is 19.1 Å². The minimum Gasteiger partial charge on any atom is -0.378 e. The Morgan fingerprint density at radius 3 is 2.80 bits per heavy atom. The fourth-order valence-corrected chi connectivity index (χ4v) is 6.90. The molecule has 6 rings (SSSR count). The first-order chi connectivity index (χ1) is 19.4. The molecule has 5 heterocycles. The number of carbonyl (C=O) groups excluding carboxylic acids is 3. The number of nitrogens with zero attached hydrogens (tertiary/aromatic N) is 3. The average Bonchev–Trinajstić information content (AvgIpc) is 3.34. The van der Waals surface area contributed by atoms with Crippen molar-refractivity contribution in [2.24, 2.45) is 11.8 Å². The van der Waals surface area contributed by atoms with Crippen LogP contribution in [-0.2, 0) is 37.5 Å². The summed E-state index contributed by atoms with van der Waals surface area (Å²) in [7, 11) is 0. The number of H-pyrrole nitrogens is 1. The second kappa shape index (κ2) is 10.9. The summed E-state index contributed by atoms with van der Waals surface area (Å²) >= 11 is 6.34. The number of fused-ring (bicyclic) bond motifs is 5. The summed E-state index contributed by atoms with van der Waals surface area (Å²) in [6, 6.07) is 11.4. The molecule has 3 aromatic rings. The fourth-order valence-electron chi connectivity index (χ4n) is 6.73. The largest absolute Gasteiger partial charge is 0.378 e. The van der Waals surface area contributed by atoms with Crippen molar-refractivity contribution in [2.45, 2.75) is 38.1 Å². The number of benzene rings is 1. The van der Waals surface area contributed by atoms with E-state index in [0.717, 1.165) is 27.9 Å². The van der Waals surface area contributed by atoms with Gasteiger partial charge in [-0.05, 0) is 55.7 Å². The van der Waals surface area contributed by atoms with Gasteiger partial charge in [0.05, 0.1) is 24.7 Å². The van der Waals surface area contributed by atoms with E-state index in [1.165, 1.54) is 0 Å². The summed E-state index contributed by atoms with van der Waals surface area (Å²) in [5, 5.41) is 4.63. The zero-order valence-electron chi connectivity index (χ0n) is 22.6. The van der Waals surface area contributed by atoms with Crippen molar-refractivity contribution in [2.75, 3.05) is 39.4 Å². The highest BCUT2D eigenvalue weighted by Crippen LogP contribution is 2.50. The molecule has 2 fully saturated rings. The number of halogens is 1. The molecule has 0 saturated carbocycles. The quantitative estimate of drug-likeness (QED) is 0.479. The summed E-state index contributed by atoms with van der Waals surface area (Å²) < 4.78 is 5.50. The van der Waals surface area contributed by atoms with Gasteiger partial charge in [-0.2, -0.15) is 0 Å². The Morgan fingerprint density at radius 1 is 1.20 bits per heavy atom. The summed E-state index contributed by atoms with van der Waals surface area (Å²) in [6.07, 6.45) is 3.35. The third kappa shape index (κ3) is 4.75. The lowest BCUT2D eigenvalue weighted by Crippen LogP contribution is -2.65. The van der Waals surface area contributed by atoms with Crippen LogP contribution in [0.2, 0.25) is 5.02 Å². The lowest BCUT2D eigenvalue weighted by Gasteiger charge is -2.54. The Bertz CT molecular complexity index is 1440. The van der Waals surface area contributed by atoms with Crippen LogP contribution in [0.5, 0.6) is 0 Å². The SMILES string of the molecule is C[C@]12c3[nH]c4ccc(Cl)cc4c3CCN1C(=O)[C@@H](CC(=O)NCCc1ccccn1)C[C@@H]2C(=O)N1CCOCC1. The molecule has 2 aromatic heterocycles. The number of amides is 3. The summed E-state index contributed by atoms with van der Waals surface area (Å²) in [6.45, 7) is 4.96. The Hall–Kier alpha value is -3.43. The van der Waals surface area contributed by atoms with Gasteiger partial charge in [0, 0.05) is 78.4 Å². The maximum atomic E-state index is 14.1. The van der Waals surface area contributed by atoms with E-state index in [4.69, 9.17) is 16.3 Å². The van der Waals surface area contributed by atoms with Crippen LogP contribution in [0.1, 0.15) is 36.7 Å². The maximum absolute atomic E-state index is 14.1. The van der Waals surface area contributed by atoms with Gasteiger partial charge in [-0.25, -0.2) is 0 Å². The lowest BCUT2D eigenvalue weighted by atomic mass is 9.67. The van der Waals surface area contributed by atoms with Gasteiger partial charge in [-0.3, -0.25) is 19.4 Å². The zero-order valence-corrected chi connectivity index (χ0v) is 23.4. The maximum Gasteiger partial charge on any atom is 0.228 e. The van der Waals surface area contributed by atoms with Crippen molar-refractivity contribution in [1.29, 1.82) is 0 Å². The molecule has 40 heavy (non-hydrogen) atoms. The molecule has 10 heteroatoms. The summed E-state index contributed by atoms with van der Waals surface area (Å²) in [4.78, 5) is 52.7. The van der Waals surface area contributed by atoms with Crippen LogP contribution < -0.4 is 5.32 Å². The molecule has 2 N–H and O–H groups in total. The molecule has 0 spiro atoms. The van der Waals surface area contributed by atoms with Gasteiger partial charge in [-0.1, -0.05) is 17.7 Å². The first-order valence-electron chi connectivity index (χ1n) is 14.0. The summed E-state index contributed by atoms with van der Waals surface area (Å²) in [5.41, 5.74) is 2.98. The van der Waals surface area contributed by atoms with Crippen molar-refractivity contribution in [1.82, 2.24) is 25.1 Å². The smallest absolute Gasteiger partial charge is 0.228 e. The number of ether oxygens (including phenoxy) is 1. The number of pyridine rings is 1. The number of aromatic amines is 1. The van der Waals surface area contributed by atoms with Crippen molar-refractivity contribution >= 4 is 40.2 Å². The third-order valence-electron chi connectivity index (χ3n) is 8.82. The fraction of sp³-hybridized carbons (Fsp3) is 0.467. The monoisotopic (exact) mass is 563 g/mol. The Balaban J connectivity index is 1.28. The molecule has 3 amide bonds. The normalized spacial score (nSPS) is 24.5.